The number of aromatic nitrogens is 2. The Bertz CT molecular complexity index is 953. The zero-order chi connectivity index (χ0) is 17.2. The van der Waals surface area contributed by atoms with Crippen LogP contribution in [-0.4, -0.2) is 24.0 Å². The summed E-state index contributed by atoms with van der Waals surface area (Å²) in [6, 6.07) is 13.7. The molecule has 0 aliphatic carbocycles. The predicted octanol–water partition coefficient (Wildman–Crippen LogP) is 3.95. The van der Waals surface area contributed by atoms with Crippen molar-refractivity contribution >= 4 is 26.0 Å². The van der Waals surface area contributed by atoms with E-state index in [4.69, 9.17) is 4.74 Å². The van der Waals surface area contributed by atoms with Crippen LogP contribution in [0.15, 0.2) is 70.3 Å². The van der Waals surface area contributed by atoms with Gasteiger partial charge in [-0.2, -0.15) is 0 Å². The van der Waals surface area contributed by atoms with Crippen LogP contribution in [0.25, 0.3) is 11.4 Å². The van der Waals surface area contributed by atoms with E-state index in [9.17, 15) is 8.42 Å². The molecule has 0 bridgehead atoms. The maximum Gasteiger partial charge on any atom is 0.269 e. The SMILES string of the molecule is CCOc1ccc(-c2nccn2S(=O)(=O)c2ccccc2)cc1Br. The quantitative estimate of drug-likeness (QED) is 0.643. The van der Waals surface area contributed by atoms with Crippen LogP contribution >= 0.6 is 15.9 Å². The van der Waals surface area contributed by atoms with Gasteiger partial charge in [0.25, 0.3) is 10.0 Å². The summed E-state index contributed by atoms with van der Waals surface area (Å²) in [5.41, 5.74) is 0.676. The predicted molar refractivity (Wildman–Crippen MR) is 95.6 cm³/mol. The Morgan fingerprint density at radius 1 is 1.17 bits per heavy atom. The van der Waals surface area contributed by atoms with Crippen molar-refractivity contribution in [2.24, 2.45) is 0 Å². The number of hydrogen-bond acceptors (Lipinski definition) is 4. The summed E-state index contributed by atoms with van der Waals surface area (Å²) < 4.78 is 33.1. The molecule has 3 rings (SSSR count). The first-order valence-corrected chi connectivity index (χ1v) is 9.54. The third-order valence-corrected chi connectivity index (χ3v) is 5.70. The highest BCUT2D eigenvalue weighted by Crippen LogP contribution is 2.31. The maximum atomic E-state index is 12.8. The van der Waals surface area contributed by atoms with Gasteiger partial charge in [0.1, 0.15) is 5.75 Å². The lowest BCUT2D eigenvalue weighted by Crippen LogP contribution is -2.13. The second kappa shape index (κ2) is 6.78. The molecular weight excluding hydrogens is 392 g/mol. The molecule has 0 saturated heterocycles. The molecule has 0 saturated carbocycles. The Hall–Kier alpha value is -2.12. The first kappa shape index (κ1) is 16.7. The molecule has 0 aliphatic heterocycles. The molecule has 0 N–H and O–H groups in total. The molecule has 0 fully saturated rings. The van der Waals surface area contributed by atoms with Crippen LogP contribution < -0.4 is 4.74 Å². The Morgan fingerprint density at radius 2 is 1.92 bits per heavy atom. The minimum absolute atomic E-state index is 0.217. The number of halogens is 1. The van der Waals surface area contributed by atoms with E-state index in [0.717, 1.165) is 4.47 Å². The molecule has 2 aromatic carbocycles. The fourth-order valence-electron chi connectivity index (χ4n) is 2.31. The van der Waals surface area contributed by atoms with Gasteiger partial charge in [-0.25, -0.2) is 17.4 Å². The fourth-order valence-corrected chi connectivity index (χ4v) is 4.12. The number of imidazole rings is 1. The fraction of sp³-hybridized carbons (Fsp3) is 0.118. The molecule has 124 valence electrons. The van der Waals surface area contributed by atoms with E-state index < -0.39 is 10.0 Å². The van der Waals surface area contributed by atoms with Gasteiger partial charge in [0.05, 0.1) is 16.0 Å². The first-order chi connectivity index (χ1) is 11.5. The number of rotatable bonds is 5. The molecule has 1 aromatic heterocycles. The van der Waals surface area contributed by atoms with Crippen molar-refractivity contribution in [3.05, 3.63) is 65.4 Å². The molecule has 7 heteroatoms. The van der Waals surface area contributed by atoms with Gasteiger partial charge in [-0.1, -0.05) is 18.2 Å². The van der Waals surface area contributed by atoms with E-state index in [2.05, 4.69) is 20.9 Å². The van der Waals surface area contributed by atoms with E-state index >= 15 is 0 Å². The summed E-state index contributed by atoms with van der Waals surface area (Å²) in [5.74, 6) is 1.05. The number of nitrogens with zero attached hydrogens (tertiary/aromatic N) is 2. The second-order valence-electron chi connectivity index (χ2n) is 4.94. The topological polar surface area (TPSA) is 61.2 Å². The Kier molecular flexibility index (Phi) is 4.73. The highest BCUT2D eigenvalue weighted by atomic mass is 79.9. The standard InChI is InChI=1S/C17H15BrN2O3S/c1-2-23-16-9-8-13(12-15(16)18)17-19-10-11-20(17)24(21,22)14-6-4-3-5-7-14/h3-12H,2H2,1H3. The number of benzene rings is 2. The van der Waals surface area contributed by atoms with Crippen molar-refractivity contribution in [1.29, 1.82) is 0 Å². The van der Waals surface area contributed by atoms with Gasteiger partial charge < -0.3 is 4.74 Å². The summed E-state index contributed by atoms with van der Waals surface area (Å²) in [6.45, 7) is 2.45. The molecule has 0 amide bonds. The molecule has 1 heterocycles. The summed E-state index contributed by atoms with van der Waals surface area (Å²) in [5, 5.41) is 0. The molecule has 5 nitrogen and oxygen atoms in total. The minimum atomic E-state index is -3.70. The van der Waals surface area contributed by atoms with Crippen LogP contribution in [0.4, 0.5) is 0 Å². The summed E-state index contributed by atoms with van der Waals surface area (Å²) >= 11 is 3.44. The van der Waals surface area contributed by atoms with Crippen molar-refractivity contribution in [2.75, 3.05) is 6.61 Å². The third kappa shape index (κ3) is 3.09. The van der Waals surface area contributed by atoms with Crippen molar-refractivity contribution in [1.82, 2.24) is 8.96 Å². The van der Waals surface area contributed by atoms with Crippen molar-refractivity contribution in [3.8, 4) is 17.1 Å². The van der Waals surface area contributed by atoms with Gasteiger partial charge in [0.15, 0.2) is 5.82 Å². The van der Waals surface area contributed by atoms with Gasteiger partial charge in [0.2, 0.25) is 0 Å². The van der Waals surface area contributed by atoms with Gasteiger partial charge in [-0.3, -0.25) is 0 Å². The van der Waals surface area contributed by atoms with E-state index in [1.54, 1.807) is 48.5 Å². The highest BCUT2D eigenvalue weighted by Gasteiger charge is 2.21. The van der Waals surface area contributed by atoms with E-state index in [-0.39, 0.29) is 4.90 Å². The van der Waals surface area contributed by atoms with Crippen LogP contribution in [0.1, 0.15) is 6.92 Å². The largest absolute Gasteiger partial charge is 0.493 e. The molecule has 24 heavy (non-hydrogen) atoms. The van der Waals surface area contributed by atoms with Crippen LogP contribution in [0.2, 0.25) is 0 Å². The minimum Gasteiger partial charge on any atom is -0.493 e. The molecule has 0 unspecified atom stereocenters. The van der Waals surface area contributed by atoms with Gasteiger partial charge in [-0.15, -0.1) is 0 Å². The lowest BCUT2D eigenvalue weighted by Gasteiger charge is -2.11. The maximum absolute atomic E-state index is 12.8. The van der Waals surface area contributed by atoms with Crippen molar-refractivity contribution in [3.63, 3.8) is 0 Å². The number of ether oxygens (including phenoxy) is 1. The summed E-state index contributed by atoms with van der Waals surface area (Å²) in [6.07, 6.45) is 2.92. The smallest absolute Gasteiger partial charge is 0.269 e. The molecule has 0 aliphatic rings. The van der Waals surface area contributed by atoms with Crippen LogP contribution in [-0.2, 0) is 10.0 Å². The zero-order valence-corrected chi connectivity index (χ0v) is 15.3. The first-order valence-electron chi connectivity index (χ1n) is 7.30. The van der Waals surface area contributed by atoms with Crippen LogP contribution in [0, 0.1) is 0 Å². The molecular formula is C17H15BrN2O3S. The number of hydrogen-bond donors (Lipinski definition) is 0. The third-order valence-electron chi connectivity index (χ3n) is 3.40. The summed E-state index contributed by atoms with van der Waals surface area (Å²) in [7, 11) is -3.70. The highest BCUT2D eigenvalue weighted by molar-refractivity contribution is 9.10. The van der Waals surface area contributed by atoms with Crippen LogP contribution in [0.3, 0.4) is 0 Å². The average molecular weight is 407 g/mol. The lowest BCUT2D eigenvalue weighted by molar-refractivity contribution is 0.338. The Morgan fingerprint density at radius 3 is 2.58 bits per heavy atom. The Labute approximate surface area is 149 Å². The molecule has 0 radical (unpaired) electrons. The van der Waals surface area contributed by atoms with Crippen LogP contribution in [0.5, 0.6) is 5.75 Å². The van der Waals surface area contributed by atoms with Gasteiger partial charge in [0, 0.05) is 18.0 Å². The lowest BCUT2D eigenvalue weighted by atomic mass is 10.2. The van der Waals surface area contributed by atoms with E-state index in [0.29, 0.717) is 23.7 Å². The molecule has 0 spiro atoms. The van der Waals surface area contributed by atoms with Gasteiger partial charge >= 0.3 is 0 Å². The van der Waals surface area contributed by atoms with Gasteiger partial charge in [-0.05, 0) is 53.2 Å². The average Bonchev–Trinajstić information content (AvgIpc) is 3.08. The Balaban J connectivity index is 2.07. The van der Waals surface area contributed by atoms with Crippen molar-refractivity contribution < 1.29 is 13.2 Å². The summed E-state index contributed by atoms with van der Waals surface area (Å²) in [4.78, 5) is 4.43. The molecule has 0 atom stereocenters. The second-order valence-corrected chi connectivity index (χ2v) is 7.61. The zero-order valence-electron chi connectivity index (χ0n) is 12.9. The molecule has 3 aromatic rings. The monoisotopic (exact) mass is 406 g/mol. The van der Waals surface area contributed by atoms with E-state index in [1.165, 1.54) is 16.4 Å². The normalized spacial score (nSPS) is 11.4. The van der Waals surface area contributed by atoms with E-state index in [1.807, 2.05) is 6.92 Å². The van der Waals surface area contributed by atoms with Crippen molar-refractivity contribution in [2.45, 2.75) is 11.8 Å².